The molecule has 2 aromatic rings. The summed E-state index contributed by atoms with van der Waals surface area (Å²) in [6.07, 6.45) is 0.0131. The van der Waals surface area contributed by atoms with Gasteiger partial charge in [-0.2, -0.15) is 0 Å². The summed E-state index contributed by atoms with van der Waals surface area (Å²) >= 11 is 6.14. The summed E-state index contributed by atoms with van der Waals surface area (Å²) in [5.41, 5.74) is 5.21. The minimum Gasteiger partial charge on any atom is -0.505 e. The minimum atomic E-state index is -0.519. The van der Waals surface area contributed by atoms with Gasteiger partial charge in [-0.25, -0.2) is 4.98 Å². The lowest BCUT2D eigenvalue weighted by Crippen LogP contribution is -2.29. The van der Waals surface area contributed by atoms with Crippen LogP contribution in [0.1, 0.15) is 24.3 Å². The minimum absolute atomic E-state index is 0.0131. The zero-order chi connectivity index (χ0) is 16.3. The molecule has 0 unspecified atom stereocenters. The Balaban J connectivity index is 2.48. The second kappa shape index (κ2) is 6.81. The molecule has 1 heterocycles. The van der Waals surface area contributed by atoms with Crippen LogP contribution in [0.5, 0.6) is 11.5 Å². The molecule has 6 nitrogen and oxygen atoms in total. The van der Waals surface area contributed by atoms with Crippen LogP contribution in [0.25, 0.3) is 10.8 Å². The molecule has 1 amide bonds. The van der Waals surface area contributed by atoms with Crippen LogP contribution in [0.15, 0.2) is 18.2 Å². The highest BCUT2D eigenvalue weighted by molar-refractivity contribution is 6.35. The summed E-state index contributed by atoms with van der Waals surface area (Å²) in [7, 11) is 0. The first-order valence-electron chi connectivity index (χ1n) is 6.91. The van der Waals surface area contributed by atoms with E-state index in [2.05, 4.69) is 10.3 Å². The highest BCUT2D eigenvalue weighted by Gasteiger charge is 2.18. The van der Waals surface area contributed by atoms with Crippen molar-refractivity contribution in [3.8, 4) is 11.5 Å². The molecule has 0 aliphatic heterocycles. The number of ether oxygens (including phenoxy) is 1. The molecule has 118 valence electrons. The molecular formula is C15H18ClN3O3. The van der Waals surface area contributed by atoms with E-state index in [0.717, 1.165) is 0 Å². The molecule has 0 atom stereocenters. The zero-order valence-corrected chi connectivity index (χ0v) is 13.1. The lowest BCUT2D eigenvalue weighted by molar-refractivity contribution is 0.0947. The number of nitrogens with two attached hydrogens (primary N) is 1. The van der Waals surface area contributed by atoms with E-state index < -0.39 is 5.91 Å². The van der Waals surface area contributed by atoms with Gasteiger partial charge in [0.15, 0.2) is 11.4 Å². The maximum Gasteiger partial charge on any atom is 0.273 e. The Hall–Kier alpha value is -2.05. The highest BCUT2D eigenvalue weighted by atomic mass is 35.5. The monoisotopic (exact) mass is 323 g/mol. The summed E-state index contributed by atoms with van der Waals surface area (Å²) in [5.74, 6) is -0.120. The van der Waals surface area contributed by atoms with Crippen molar-refractivity contribution < 1.29 is 14.6 Å². The number of fused-ring (bicyclic) bond motifs is 1. The van der Waals surface area contributed by atoms with E-state index >= 15 is 0 Å². The molecule has 2 rings (SSSR count). The van der Waals surface area contributed by atoms with Gasteiger partial charge >= 0.3 is 0 Å². The molecule has 0 fully saturated rings. The highest BCUT2D eigenvalue weighted by Crippen LogP contribution is 2.34. The number of aromatic nitrogens is 1. The van der Waals surface area contributed by atoms with E-state index in [4.69, 9.17) is 22.1 Å². The number of benzene rings is 1. The number of halogens is 1. The Labute approximate surface area is 133 Å². The molecule has 1 aromatic carbocycles. The largest absolute Gasteiger partial charge is 0.505 e. The van der Waals surface area contributed by atoms with Crippen LogP contribution in [0.2, 0.25) is 5.15 Å². The van der Waals surface area contributed by atoms with Crippen molar-refractivity contribution in [2.24, 2.45) is 5.73 Å². The number of nitrogens with one attached hydrogen (secondary N) is 1. The Morgan fingerprint density at radius 2 is 2.18 bits per heavy atom. The normalized spacial score (nSPS) is 11.0. The van der Waals surface area contributed by atoms with Crippen LogP contribution in [0.4, 0.5) is 0 Å². The van der Waals surface area contributed by atoms with E-state index in [1.54, 1.807) is 18.2 Å². The predicted molar refractivity (Wildman–Crippen MR) is 85.6 cm³/mol. The molecule has 0 radical (unpaired) electrons. The molecule has 22 heavy (non-hydrogen) atoms. The van der Waals surface area contributed by atoms with Gasteiger partial charge in [0, 0.05) is 23.9 Å². The van der Waals surface area contributed by atoms with Crippen LogP contribution in [-0.4, -0.2) is 35.2 Å². The molecule has 1 aromatic heterocycles. The average molecular weight is 324 g/mol. The Kier molecular flexibility index (Phi) is 5.05. The van der Waals surface area contributed by atoms with Crippen molar-refractivity contribution in [3.05, 3.63) is 29.0 Å². The van der Waals surface area contributed by atoms with Crippen molar-refractivity contribution in [3.63, 3.8) is 0 Å². The smallest absolute Gasteiger partial charge is 0.273 e. The van der Waals surface area contributed by atoms with Crippen molar-refractivity contribution >= 4 is 28.3 Å². The van der Waals surface area contributed by atoms with Gasteiger partial charge in [-0.05, 0) is 32.0 Å². The molecule has 4 N–H and O–H groups in total. The van der Waals surface area contributed by atoms with Crippen LogP contribution in [0, 0.1) is 0 Å². The Morgan fingerprint density at radius 3 is 2.82 bits per heavy atom. The van der Waals surface area contributed by atoms with E-state index in [1.165, 1.54) is 0 Å². The summed E-state index contributed by atoms with van der Waals surface area (Å²) in [4.78, 5) is 15.9. The van der Waals surface area contributed by atoms with E-state index in [0.29, 0.717) is 23.1 Å². The zero-order valence-electron chi connectivity index (χ0n) is 12.4. The van der Waals surface area contributed by atoms with Gasteiger partial charge in [0.25, 0.3) is 5.91 Å². The van der Waals surface area contributed by atoms with Crippen LogP contribution < -0.4 is 15.8 Å². The van der Waals surface area contributed by atoms with Crippen molar-refractivity contribution in [2.75, 3.05) is 13.1 Å². The number of hydrogen-bond donors (Lipinski definition) is 3. The lowest BCUT2D eigenvalue weighted by Gasteiger charge is -2.13. The average Bonchev–Trinajstić information content (AvgIpc) is 2.47. The molecule has 0 bridgehead atoms. The van der Waals surface area contributed by atoms with Gasteiger partial charge in [-0.1, -0.05) is 11.6 Å². The molecule has 0 aliphatic carbocycles. The first-order valence-corrected chi connectivity index (χ1v) is 7.29. The maximum atomic E-state index is 12.0. The number of rotatable bonds is 5. The SMILES string of the molecule is CC(C)Oc1ccc2c(O)c(C(=O)NCCN)nc(Cl)c2c1. The fraction of sp³-hybridized carbons (Fsp3) is 0.333. The molecule has 0 saturated heterocycles. The van der Waals surface area contributed by atoms with Crippen LogP contribution >= 0.6 is 11.6 Å². The topological polar surface area (TPSA) is 97.5 Å². The van der Waals surface area contributed by atoms with Crippen LogP contribution in [-0.2, 0) is 0 Å². The van der Waals surface area contributed by atoms with Gasteiger partial charge < -0.3 is 20.9 Å². The molecule has 7 heteroatoms. The Bertz CT molecular complexity index is 704. The number of carbonyl (C=O) groups excluding carboxylic acids is 1. The molecule has 0 aliphatic rings. The van der Waals surface area contributed by atoms with E-state index in [-0.39, 0.29) is 29.2 Å². The standard InChI is InChI=1S/C15H18ClN3O3/c1-8(2)22-9-3-4-10-11(7-9)14(16)19-12(13(10)20)15(21)18-6-5-17/h3-4,7-8,20H,5-6,17H2,1-2H3,(H,18,21). The van der Waals surface area contributed by atoms with Gasteiger partial charge in [0.2, 0.25) is 0 Å². The molecular weight excluding hydrogens is 306 g/mol. The van der Waals surface area contributed by atoms with E-state index in [9.17, 15) is 9.90 Å². The third-order valence-corrected chi connectivity index (χ3v) is 3.21. The number of nitrogens with zero attached hydrogens (tertiary/aromatic N) is 1. The Morgan fingerprint density at radius 1 is 1.45 bits per heavy atom. The number of amides is 1. The van der Waals surface area contributed by atoms with Crippen molar-refractivity contribution in [1.82, 2.24) is 10.3 Å². The third-order valence-electron chi connectivity index (χ3n) is 2.92. The third kappa shape index (κ3) is 3.40. The van der Waals surface area contributed by atoms with E-state index in [1.807, 2.05) is 13.8 Å². The summed E-state index contributed by atoms with van der Waals surface area (Å²) < 4.78 is 5.59. The predicted octanol–water partition coefficient (Wildman–Crippen LogP) is 2.07. The van der Waals surface area contributed by atoms with Crippen molar-refractivity contribution in [1.29, 1.82) is 0 Å². The van der Waals surface area contributed by atoms with Crippen LogP contribution in [0.3, 0.4) is 0 Å². The number of pyridine rings is 1. The van der Waals surface area contributed by atoms with Crippen molar-refractivity contribution in [2.45, 2.75) is 20.0 Å². The van der Waals surface area contributed by atoms with Gasteiger partial charge in [0.1, 0.15) is 10.9 Å². The van der Waals surface area contributed by atoms with Gasteiger partial charge in [0.05, 0.1) is 6.10 Å². The first kappa shape index (κ1) is 16.3. The summed E-state index contributed by atoms with van der Waals surface area (Å²) in [5, 5.41) is 13.9. The lowest BCUT2D eigenvalue weighted by atomic mass is 10.1. The summed E-state index contributed by atoms with van der Waals surface area (Å²) in [6, 6.07) is 5.04. The summed E-state index contributed by atoms with van der Waals surface area (Å²) in [6.45, 7) is 4.40. The quantitative estimate of drug-likeness (QED) is 0.732. The maximum absolute atomic E-state index is 12.0. The van der Waals surface area contributed by atoms with Gasteiger partial charge in [-0.15, -0.1) is 0 Å². The first-order chi connectivity index (χ1) is 10.4. The fourth-order valence-electron chi connectivity index (χ4n) is 2.01. The fourth-order valence-corrected chi connectivity index (χ4v) is 2.25. The number of aromatic hydroxyl groups is 1. The second-order valence-electron chi connectivity index (χ2n) is 5.02. The second-order valence-corrected chi connectivity index (χ2v) is 5.38. The number of carbonyl (C=O) groups is 1. The number of hydrogen-bond acceptors (Lipinski definition) is 5. The van der Waals surface area contributed by atoms with Gasteiger partial charge in [-0.3, -0.25) is 4.79 Å². The molecule has 0 saturated carbocycles. The molecule has 0 spiro atoms.